The highest BCUT2D eigenvalue weighted by atomic mass is 32.1. The number of nitrogens with one attached hydrogen (secondary N) is 1. The molecule has 0 bridgehead atoms. The minimum absolute atomic E-state index is 0.0120. The molecule has 0 aliphatic rings. The first-order chi connectivity index (χ1) is 10.0. The second-order valence-corrected chi connectivity index (χ2v) is 6.38. The first-order valence-electron chi connectivity index (χ1n) is 7.20. The molecule has 21 heavy (non-hydrogen) atoms. The lowest BCUT2D eigenvalue weighted by atomic mass is 10.1. The molecule has 1 heterocycles. The second kappa shape index (κ2) is 6.91. The van der Waals surface area contributed by atoms with Crippen LogP contribution in [0, 0.1) is 5.92 Å². The highest BCUT2D eigenvalue weighted by molar-refractivity contribution is 7.21. The van der Waals surface area contributed by atoms with Crippen LogP contribution < -0.4 is 11.1 Å². The molecule has 0 spiro atoms. The lowest BCUT2D eigenvalue weighted by Crippen LogP contribution is -2.41. The molecule has 5 heteroatoms. The molecule has 0 fully saturated rings. The van der Waals surface area contributed by atoms with Crippen molar-refractivity contribution in [1.82, 2.24) is 5.32 Å². The Labute approximate surface area is 129 Å². The van der Waals surface area contributed by atoms with E-state index < -0.39 is 0 Å². The lowest BCUT2D eigenvalue weighted by Gasteiger charge is -2.21. The summed E-state index contributed by atoms with van der Waals surface area (Å²) in [6.45, 7) is 7.24. The molecular formula is C16H22N2O2S. The Morgan fingerprint density at radius 3 is 2.71 bits per heavy atom. The normalized spacial score (nSPS) is 12.8. The van der Waals surface area contributed by atoms with Gasteiger partial charge in [0.25, 0.3) is 5.91 Å². The molecule has 0 aliphatic heterocycles. The molecule has 1 unspecified atom stereocenters. The van der Waals surface area contributed by atoms with Gasteiger partial charge in [-0.3, -0.25) is 4.79 Å². The Morgan fingerprint density at radius 1 is 1.38 bits per heavy atom. The van der Waals surface area contributed by atoms with Crippen LogP contribution in [0.1, 0.15) is 30.4 Å². The van der Waals surface area contributed by atoms with Crippen LogP contribution in [0.4, 0.5) is 5.69 Å². The summed E-state index contributed by atoms with van der Waals surface area (Å²) in [4.78, 5) is 13.1. The van der Waals surface area contributed by atoms with E-state index >= 15 is 0 Å². The number of hydrogen-bond acceptors (Lipinski definition) is 4. The zero-order valence-corrected chi connectivity index (χ0v) is 13.5. The van der Waals surface area contributed by atoms with E-state index in [0.717, 1.165) is 10.1 Å². The van der Waals surface area contributed by atoms with Crippen molar-refractivity contribution in [2.45, 2.75) is 26.8 Å². The molecular weight excluding hydrogens is 284 g/mol. The second-order valence-electron chi connectivity index (χ2n) is 5.32. The van der Waals surface area contributed by atoms with Crippen LogP contribution in [0.5, 0.6) is 0 Å². The Morgan fingerprint density at radius 2 is 2.10 bits per heavy atom. The number of carbonyl (C=O) groups is 1. The molecule has 0 radical (unpaired) electrons. The first-order valence-corrected chi connectivity index (χ1v) is 8.01. The number of ether oxygens (including phenoxy) is 1. The maximum absolute atomic E-state index is 12.5. The zero-order valence-electron chi connectivity index (χ0n) is 12.7. The van der Waals surface area contributed by atoms with Gasteiger partial charge in [-0.15, -0.1) is 11.3 Å². The van der Waals surface area contributed by atoms with E-state index in [1.807, 2.05) is 31.2 Å². The summed E-state index contributed by atoms with van der Waals surface area (Å²) in [6.07, 6.45) is 0. The molecule has 114 valence electrons. The van der Waals surface area contributed by atoms with Gasteiger partial charge in [0.05, 0.1) is 18.3 Å². The average Bonchev–Trinajstić information content (AvgIpc) is 2.81. The van der Waals surface area contributed by atoms with Gasteiger partial charge in [0.2, 0.25) is 0 Å². The van der Waals surface area contributed by atoms with Crippen LogP contribution in [-0.2, 0) is 4.74 Å². The van der Waals surface area contributed by atoms with Crippen LogP contribution in [0.15, 0.2) is 24.3 Å². The number of anilines is 1. The summed E-state index contributed by atoms with van der Waals surface area (Å²) in [7, 11) is 0. The van der Waals surface area contributed by atoms with Crippen molar-refractivity contribution in [2.24, 2.45) is 5.92 Å². The highest BCUT2D eigenvalue weighted by Crippen LogP contribution is 2.33. The number of nitrogen functional groups attached to an aromatic ring is 1. The van der Waals surface area contributed by atoms with Gasteiger partial charge in [-0.25, -0.2) is 0 Å². The predicted octanol–water partition coefficient (Wildman–Crippen LogP) is 3.27. The fourth-order valence-electron chi connectivity index (χ4n) is 2.11. The number of rotatable bonds is 6. The summed E-state index contributed by atoms with van der Waals surface area (Å²) in [5.74, 6) is 0.184. The fraction of sp³-hybridized carbons (Fsp3) is 0.438. The number of benzene rings is 1. The van der Waals surface area contributed by atoms with E-state index in [1.165, 1.54) is 11.3 Å². The molecule has 3 N–H and O–H groups in total. The quantitative estimate of drug-likeness (QED) is 0.861. The van der Waals surface area contributed by atoms with E-state index in [0.29, 0.717) is 29.7 Å². The fourth-order valence-corrected chi connectivity index (χ4v) is 3.14. The SMILES string of the molecule is CCOCC(NC(=O)c1sc2ccccc2c1N)C(C)C. The minimum atomic E-state index is -0.118. The number of carbonyl (C=O) groups excluding carboxylic acids is 1. The first kappa shape index (κ1) is 15.8. The summed E-state index contributed by atoms with van der Waals surface area (Å²) < 4.78 is 6.47. The number of fused-ring (bicyclic) bond motifs is 1. The number of amides is 1. The van der Waals surface area contributed by atoms with Crippen molar-refractivity contribution in [3.63, 3.8) is 0 Å². The zero-order chi connectivity index (χ0) is 15.4. The Balaban J connectivity index is 2.19. The van der Waals surface area contributed by atoms with Crippen LogP contribution in [0.3, 0.4) is 0 Å². The third-order valence-corrected chi connectivity index (χ3v) is 4.65. The van der Waals surface area contributed by atoms with E-state index in [1.54, 1.807) is 0 Å². The molecule has 2 rings (SSSR count). The smallest absolute Gasteiger partial charge is 0.263 e. The van der Waals surface area contributed by atoms with Gasteiger partial charge in [-0.1, -0.05) is 32.0 Å². The highest BCUT2D eigenvalue weighted by Gasteiger charge is 2.21. The van der Waals surface area contributed by atoms with Crippen LogP contribution in [0.25, 0.3) is 10.1 Å². The van der Waals surface area contributed by atoms with Crippen LogP contribution in [-0.4, -0.2) is 25.2 Å². The number of thiophene rings is 1. The van der Waals surface area contributed by atoms with Crippen molar-refractivity contribution in [2.75, 3.05) is 18.9 Å². The summed E-state index contributed by atoms with van der Waals surface area (Å²) in [6, 6.07) is 7.79. The van der Waals surface area contributed by atoms with Crippen LogP contribution >= 0.6 is 11.3 Å². The monoisotopic (exact) mass is 306 g/mol. The van der Waals surface area contributed by atoms with Gasteiger partial charge in [0.1, 0.15) is 4.88 Å². The maximum Gasteiger partial charge on any atom is 0.263 e. The van der Waals surface area contributed by atoms with E-state index in [2.05, 4.69) is 19.2 Å². The Kier molecular flexibility index (Phi) is 5.20. The van der Waals surface area contributed by atoms with Gasteiger partial charge in [-0.05, 0) is 18.9 Å². The predicted molar refractivity (Wildman–Crippen MR) is 88.8 cm³/mol. The molecule has 2 aromatic rings. The molecule has 1 aromatic heterocycles. The van der Waals surface area contributed by atoms with Gasteiger partial charge >= 0.3 is 0 Å². The largest absolute Gasteiger partial charge is 0.397 e. The van der Waals surface area contributed by atoms with E-state index in [9.17, 15) is 4.79 Å². The van der Waals surface area contributed by atoms with Gasteiger partial charge in [-0.2, -0.15) is 0 Å². The summed E-state index contributed by atoms with van der Waals surface area (Å²) in [5.41, 5.74) is 6.67. The Bertz CT molecular complexity index is 622. The van der Waals surface area contributed by atoms with Crippen molar-refractivity contribution < 1.29 is 9.53 Å². The van der Waals surface area contributed by atoms with E-state index in [4.69, 9.17) is 10.5 Å². The topological polar surface area (TPSA) is 64.3 Å². The number of nitrogens with two attached hydrogens (primary N) is 1. The number of hydrogen-bond donors (Lipinski definition) is 2. The Hall–Kier alpha value is -1.59. The van der Waals surface area contributed by atoms with Crippen molar-refractivity contribution in [3.05, 3.63) is 29.1 Å². The molecule has 0 saturated carbocycles. The minimum Gasteiger partial charge on any atom is -0.397 e. The molecule has 0 aliphatic carbocycles. The van der Waals surface area contributed by atoms with Crippen molar-refractivity contribution >= 4 is 33.0 Å². The molecule has 1 atom stereocenters. The van der Waals surface area contributed by atoms with Gasteiger partial charge in [0.15, 0.2) is 0 Å². The third-order valence-electron chi connectivity index (χ3n) is 3.46. The average molecular weight is 306 g/mol. The molecule has 4 nitrogen and oxygen atoms in total. The van der Waals surface area contributed by atoms with Crippen molar-refractivity contribution in [3.8, 4) is 0 Å². The van der Waals surface area contributed by atoms with Crippen molar-refractivity contribution in [1.29, 1.82) is 0 Å². The lowest BCUT2D eigenvalue weighted by molar-refractivity contribution is 0.0810. The standard InChI is InChI=1S/C16H22N2O2S/c1-4-20-9-12(10(2)3)18-16(19)15-14(17)11-7-5-6-8-13(11)21-15/h5-8,10,12H,4,9,17H2,1-3H3,(H,18,19). The van der Waals surface area contributed by atoms with Gasteiger partial charge < -0.3 is 15.8 Å². The third kappa shape index (κ3) is 3.54. The van der Waals surface area contributed by atoms with Crippen LogP contribution in [0.2, 0.25) is 0 Å². The summed E-state index contributed by atoms with van der Waals surface area (Å²) in [5, 5.41) is 3.98. The maximum atomic E-state index is 12.5. The molecule has 0 saturated heterocycles. The summed E-state index contributed by atoms with van der Waals surface area (Å²) >= 11 is 1.43. The van der Waals surface area contributed by atoms with E-state index in [-0.39, 0.29) is 11.9 Å². The molecule has 1 aromatic carbocycles. The molecule has 1 amide bonds. The van der Waals surface area contributed by atoms with Gasteiger partial charge in [0, 0.05) is 16.7 Å².